The van der Waals surface area contributed by atoms with Crippen LogP contribution in [0.3, 0.4) is 0 Å². The molecule has 7 nitrogen and oxygen atoms in total. The Morgan fingerprint density at radius 1 is 1.19 bits per heavy atom. The predicted octanol–water partition coefficient (Wildman–Crippen LogP) is 1.13. The minimum atomic E-state index is -3.35. The van der Waals surface area contributed by atoms with Crippen LogP contribution in [0.1, 0.15) is 5.56 Å². The highest BCUT2D eigenvalue weighted by Gasteiger charge is 2.24. The molecule has 1 aromatic carbocycles. The van der Waals surface area contributed by atoms with Gasteiger partial charge in [0.15, 0.2) is 15.5 Å². The first-order valence-electron chi connectivity index (χ1n) is 6.09. The van der Waals surface area contributed by atoms with Crippen molar-refractivity contribution in [2.24, 2.45) is 0 Å². The van der Waals surface area contributed by atoms with E-state index in [9.17, 15) is 8.42 Å². The number of rotatable bonds is 1. The first-order valence-corrected chi connectivity index (χ1v) is 7.63. The van der Waals surface area contributed by atoms with Gasteiger partial charge in [-0.1, -0.05) is 12.1 Å². The second-order valence-electron chi connectivity index (χ2n) is 4.62. The molecule has 0 spiro atoms. The number of fused-ring (bicyclic) bond motifs is 2. The van der Waals surface area contributed by atoms with Gasteiger partial charge in [-0.05, 0) is 17.7 Å². The molecule has 8 heteroatoms. The van der Waals surface area contributed by atoms with Gasteiger partial charge in [0.25, 0.3) is 0 Å². The van der Waals surface area contributed by atoms with Crippen LogP contribution in [-0.2, 0) is 9.84 Å². The number of nitrogens with zero attached hydrogens (tertiary/aromatic N) is 4. The number of hydrogen-bond acceptors (Lipinski definition) is 6. The van der Waals surface area contributed by atoms with Gasteiger partial charge < -0.3 is 5.73 Å². The molecule has 1 aliphatic rings. The molecule has 21 heavy (non-hydrogen) atoms. The average molecular weight is 299 g/mol. The van der Waals surface area contributed by atoms with Crippen LogP contribution in [0.15, 0.2) is 41.0 Å². The van der Waals surface area contributed by atoms with Gasteiger partial charge in [-0.3, -0.25) is 4.40 Å². The Balaban J connectivity index is 2.08. The summed E-state index contributed by atoms with van der Waals surface area (Å²) in [5.41, 5.74) is 8.35. The molecule has 104 valence electrons. The Labute approximate surface area is 119 Å². The molecule has 0 atom stereocenters. The molecule has 4 rings (SSSR count). The van der Waals surface area contributed by atoms with Crippen molar-refractivity contribution in [1.29, 1.82) is 0 Å². The summed E-state index contributed by atoms with van der Waals surface area (Å²) in [7, 11) is -3.35. The highest BCUT2D eigenvalue weighted by atomic mass is 32.2. The van der Waals surface area contributed by atoms with Crippen molar-refractivity contribution in [3.05, 3.63) is 41.7 Å². The van der Waals surface area contributed by atoms with E-state index in [1.165, 1.54) is 11.7 Å². The monoisotopic (exact) mass is 299 g/mol. The van der Waals surface area contributed by atoms with E-state index in [0.29, 0.717) is 16.8 Å². The summed E-state index contributed by atoms with van der Waals surface area (Å²) in [6.45, 7) is 0. The van der Waals surface area contributed by atoms with E-state index < -0.39 is 9.84 Å². The third kappa shape index (κ3) is 1.59. The van der Waals surface area contributed by atoms with E-state index >= 15 is 0 Å². The Morgan fingerprint density at radius 2 is 2.05 bits per heavy atom. The van der Waals surface area contributed by atoms with Gasteiger partial charge in [0.05, 0.1) is 4.90 Å². The SMILES string of the molecule is Nc1ncc(-c2cccc3c2C=CS3(=O)=O)c2nncn12. The largest absolute Gasteiger partial charge is 0.369 e. The number of nitrogens with two attached hydrogens (primary N) is 1. The van der Waals surface area contributed by atoms with Gasteiger partial charge in [-0.25, -0.2) is 13.4 Å². The topological polar surface area (TPSA) is 103 Å². The zero-order chi connectivity index (χ0) is 14.6. The second kappa shape index (κ2) is 3.89. The quantitative estimate of drug-likeness (QED) is 0.722. The lowest BCUT2D eigenvalue weighted by Gasteiger charge is -2.08. The predicted molar refractivity (Wildman–Crippen MR) is 76.9 cm³/mol. The van der Waals surface area contributed by atoms with Crippen molar-refractivity contribution in [1.82, 2.24) is 19.6 Å². The van der Waals surface area contributed by atoms with Gasteiger partial charge >= 0.3 is 0 Å². The van der Waals surface area contributed by atoms with Crippen LogP contribution in [0.4, 0.5) is 5.95 Å². The zero-order valence-corrected chi connectivity index (χ0v) is 11.4. The van der Waals surface area contributed by atoms with Crippen LogP contribution in [0.25, 0.3) is 22.9 Å². The third-order valence-corrected chi connectivity index (χ3v) is 4.90. The van der Waals surface area contributed by atoms with Crippen LogP contribution < -0.4 is 5.73 Å². The Bertz CT molecular complexity index is 1020. The van der Waals surface area contributed by atoms with Crippen LogP contribution in [0, 0.1) is 0 Å². The first kappa shape index (κ1) is 12.0. The summed E-state index contributed by atoms with van der Waals surface area (Å²) in [6, 6.07) is 5.10. The van der Waals surface area contributed by atoms with Crippen molar-refractivity contribution in [2.45, 2.75) is 4.90 Å². The van der Waals surface area contributed by atoms with Gasteiger partial charge in [-0.2, -0.15) is 0 Å². The van der Waals surface area contributed by atoms with Crippen LogP contribution in [-0.4, -0.2) is 28.0 Å². The fourth-order valence-electron chi connectivity index (χ4n) is 2.46. The molecule has 3 heterocycles. The van der Waals surface area contributed by atoms with E-state index in [1.807, 2.05) is 6.07 Å². The molecule has 0 amide bonds. The Kier molecular flexibility index (Phi) is 2.23. The molecule has 2 N–H and O–H groups in total. The van der Waals surface area contributed by atoms with E-state index in [-0.39, 0.29) is 10.8 Å². The molecule has 0 bridgehead atoms. The molecule has 0 radical (unpaired) electrons. The number of hydrogen-bond donors (Lipinski definition) is 1. The fourth-order valence-corrected chi connectivity index (χ4v) is 3.67. The summed E-state index contributed by atoms with van der Waals surface area (Å²) >= 11 is 0. The van der Waals surface area contributed by atoms with Crippen molar-refractivity contribution >= 4 is 27.5 Å². The summed E-state index contributed by atoms with van der Waals surface area (Å²) in [4.78, 5) is 4.39. The maximum Gasteiger partial charge on any atom is 0.207 e. The first-order chi connectivity index (χ1) is 10.1. The van der Waals surface area contributed by atoms with Crippen molar-refractivity contribution < 1.29 is 8.42 Å². The van der Waals surface area contributed by atoms with E-state index in [0.717, 1.165) is 5.56 Å². The van der Waals surface area contributed by atoms with E-state index in [4.69, 9.17) is 5.73 Å². The highest BCUT2D eigenvalue weighted by molar-refractivity contribution is 7.94. The number of anilines is 1. The van der Waals surface area contributed by atoms with E-state index in [1.54, 1.807) is 28.8 Å². The lowest BCUT2D eigenvalue weighted by atomic mass is 10.0. The number of aromatic nitrogens is 4. The average Bonchev–Trinajstić information content (AvgIpc) is 3.06. The summed E-state index contributed by atoms with van der Waals surface area (Å²) in [5.74, 6) is 0.273. The normalized spacial score (nSPS) is 15.4. The minimum Gasteiger partial charge on any atom is -0.369 e. The summed E-state index contributed by atoms with van der Waals surface area (Å²) in [6.07, 6.45) is 4.63. The van der Waals surface area contributed by atoms with E-state index in [2.05, 4.69) is 15.2 Å². The molecule has 3 aromatic rings. The minimum absolute atomic E-state index is 0.273. The van der Waals surface area contributed by atoms with Crippen LogP contribution in [0.5, 0.6) is 0 Å². The van der Waals surface area contributed by atoms with Crippen LogP contribution >= 0.6 is 0 Å². The maximum atomic E-state index is 11.9. The molecule has 0 unspecified atom stereocenters. The standard InChI is InChI=1S/C13H9N5O2S/c14-13-15-6-10(12-17-16-7-18(12)13)8-2-1-3-11-9(8)4-5-21(11,19)20/h1-7H,(H2,14,15). The lowest BCUT2D eigenvalue weighted by Crippen LogP contribution is -2.01. The maximum absolute atomic E-state index is 11.9. The molecular formula is C13H9N5O2S. The van der Waals surface area contributed by atoms with Gasteiger partial charge in [-0.15, -0.1) is 10.2 Å². The smallest absolute Gasteiger partial charge is 0.207 e. The molecule has 1 aliphatic heterocycles. The Morgan fingerprint density at radius 3 is 2.90 bits per heavy atom. The molecular weight excluding hydrogens is 290 g/mol. The number of benzene rings is 1. The summed E-state index contributed by atoms with van der Waals surface area (Å²) < 4.78 is 25.5. The zero-order valence-electron chi connectivity index (χ0n) is 10.6. The van der Waals surface area contributed by atoms with Crippen molar-refractivity contribution in [3.8, 4) is 11.1 Å². The van der Waals surface area contributed by atoms with Crippen molar-refractivity contribution in [3.63, 3.8) is 0 Å². The van der Waals surface area contributed by atoms with Gasteiger partial charge in [0.1, 0.15) is 6.33 Å². The second-order valence-corrected chi connectivity index (χ2v) is 6.42. The molecule has 0 saturated heterocycles. The number of nitrogen functional groups attached to an aromatic ring is 1. The lowest BCUT2D eigenvalue weighted by molar-refractivity contribution is 0.605. The number of sulfone groups is 1. The van der Waals surface area contributed by atoms with Crippen LogP contribution in [0.2, 0.25) is 0 Å². The third-order valence-electron chi connectivity index (χ3n) is 3.44. The Hall–Kier alpha value is -2.74. The van der Waals surface area contributed by atoms with Gasteiger partial charge in [0.2, 0.25) is 5.95 Å². The highest BCUT2D eigenvalue weighted by Crippen LogP contribution is 2.36. The van der Waals surface area contributed by atoms with Gasteiger partial charge in [0, 0.05) is 22.7 Å². The van der Waals surface area contributed by atoms with Crippen molar-refractivity contribution in [2.75, 3.05) is 5.73 Å². The molecule has 0 saturated carbocycles. The fraction of sp³-hybridized carbons (Fsp3) is 0. The molecule has 0 fully saturated rings. The molecule has 2 aromatic heterocycles. The molecule has 0 aliphatic carbocycles. The summed E-state index contributed by atoms with van der Waals surface area (Å²) in [5, 5.41) is 9.07.